The first-order valence-electron chi connectivity index (χ1n) is 6.79. The molecule has 1 aromatic carbocycles. The molecule has 2 aliphatic heterocycles. The number of hydroxylamine groups is 2. The zero-order chi connectivity index (χ0) is 13.2. The summed E-state index contributed by atoms with van der Waals surface area (Å²) in [7, 11) is 0. The first-order chi connectivity index (χ1) is 9.29. The van der Waals surface area contributed by atoms with Crippen LogP contribution < -0.4 is 0 Å². The van der Waals surface area contributed by atoms with Crippen LogP contribution in [-0.2, 0) is 11.4 Å². The number of benzene rings is 1. The highest BCUT2D eigenvalue weighted by Crippen LogP contribution is 2.31. The highest BCUT2D eigenvalue weighted by Gasteiger charge is 2.45. The molecule has 2 bridgehead atoms. The highest BCUT2D eigenvalue weighted by atomic mass is 16.7. The van der Waals surface area contributed by atoms with E-state index < -0.39 is 6.35 Å². The van der Waals surface area contributed by atoms with Gasteiger partial charge in [0, 0.05) is 12.6 Å². The topological polar surface area (TPSA) is 56.2 Å². The number of nitrogens with zero attached hydrogens (tertiary/aromatic N) is 2. The van der Waals surface area contributed by atoms with E-state index in [2.05, 4.69) is 0 Å². The fraction of sp³-hybridized carbons (Fsp3) is 0.571. The van der Waals surface area contributed by atoms with Crippen LogP contribution in [0.4, 0.5) is 0 Å². The van der Waals surface area contributed by atoms with E-state index in [1.165, 1.54) is 0 Å². The molecule has 3 rings (SSSR count). The van der Waals surface area contributed by atoms with Gasteiger partial charge in [0.25, 0.3) is 0 Å². The average Bonchev–Trinajstić information content (AvgIpc) is 2.71. The minimum atomic E-state index is -0.742. The van der Waals surface area contributed by atoms with Gasteiger partial charge in [-0.05, 0) is 18.4 Å². The molecule has 2 aliphatic rings. The molecule has 0 amide bonds. The van der Waals surface area contributed by atoms with Crippen molar-refractivity contribution in [2.24, 2.45) is 0 Å². The molecule has 5 nitrogen and oxygen atoms in total. The number of rotatable bonds is 4. The van der Waals surface area contributed by atoms with E-state index in [4.69, 9.17) is 4.84 Å². The monoisotopic (exact) mass is 264 g/mol. The fourth-order valence-electron chi connectivity index (χ4n) is 2.95. The van der Waals surface area contributed by atoms with Crippen molar-refractivity contribution in [3.05, 3.63) is 35.9 Å². The molecule has 0 spiro atoms. The number of aliphatic hydroxyl groups is 2. The molecule has 4 atom stereocenters. The standard InChI is InChI=1S/C14H20N2O3/c17-9-13-7-6-12-8-15(13)14(18)16(12)19-10-11-4-2-1-3-5-11/h1-5,12-14,17-18H,6-10H2/t12-,13-,14?/m0/s1. The van der Waals surface area contributed by atoms with E-state index in [1.54, 1.807) is 5.06 Å². The second-order valence-corrected chi connectivity index (χ2v) is 5.23. The van der Waals surface area contributed by atoms with Crippen molar-refractivity contribution in [3.8, 4) is 0 Å². The molecule has 2 unspecified atom stereocenters. The Morgan fingerprint density at radius 3 is 2.74 bits per heavy atom. The molecular weight excluding hydrogens is 244 g/mol. The molecule has 19 heavy (non-hydrogen) atoms. The zero-order valence-corrected chi connectivity index (χ0v) is 10.9. The Kier molecular flexibility index (Phi) is 3.81. The molecule has 5 heteroatoms. The van der Waals surface area contributed by atoms with E-state index in [9.17, 15) is 10.2 Å². The van der Waals surface area contributed by atoms with Crippen molar-refractivity contribution >= 4 is 0 Å². The van der Waals surface area contributed by atoms with Gasteiger partial charge >= 0.3 is 0 Å². The average molecular weight is 264 g/mol. The van der Waals surface area contributed by atoms with Crippen LogP contribution in [0.5, 0.6) is 0 Å². The Hall–Kier alpha value is -0.980. The van der Waals surface area contributed by atoms with E-state index in [0.717, 1.165) is 24.9 Å². The molecule has 2 fully saturated rings. The Labute approximate surface area is 113 Å². The summed E-state index contributed by atoms with van der Waals surface area (Å²) in [6.07, 6.45) is 1.12. The summed E-state index contributed by atoms with van der Waals surface area (Å²) in [5.41, 5.74) is 1.09. The molecule has 104 valence electrons. The van der Waals surface area contributed by atoms with Gasteiger partial charge in [-0.25, -0.2) is 0 Å². The largest absolute Gasteiger partial charge is 0.395 e. The Morgan fingerprint density at radius 1 is 1.21 bits per heavy atom. The predicted molar refractivity (Wildman–Crippen MR) is 69.7 cm³/mol. The number of fused-ring (bicyclic) bond motifs is 2. The maximum absolute atomic E-state index is 10.3. The van der Waals surface area contributed by atoms with Gasteiger partial charge in [0.15, 0.2) is 6.35 Å². The van der Waals surface area contributed by atoms with E-state index in [1.807, 2.05) is 35.2 Å². The maximum Gasteiger partial charge on any atom is 0.188 e. The van der Waals surface area contributed by atoms with Crippen molar-refractivity contribution in [3.63, 3.8) is 0 Å². The van der Waals surface area contributed by atoms with Gasteiger partial charge in [0.2, 0.25) is 0 Å². The fourth-order valence-corrected chi connectivity index (χ4v) is 2.95. The molecular formula is C14H20N2O3. The van der Waals surface area contributed by atoms with Crippen molar-refractivity contribution < 1.29 is 15.1 Å². The second kappa shape index (κ2) is 5.56. The van der Waals surface area contributed by atoms with Gasteiger partial charge in [-0.3, -0.25) is 9.74 Å². The Balaban J connectivity index is 1.63. The van der Waals surface area contributed by atoms with E-state index in [0.29, 0.717) is 6.61 Å². The minimum absolute atomic E-state index is 0.0524. The number of piperidine rings is 1. The summed E-state index contributed by atoms with van der Waals surface area (Å²) in [6.45, 7) is 1.32. The summed E-state index contributed by atoms with van der Waals surface area (Å²) in [6, 6.07) is 10.2. The third-order valence-corrected chi connectivity index (χ3v) is 4.04. The predicted octanol–water partition coefficient (Wildman–Crippen LogP) is 0.535. The second-order valence-electron chi connectivity index (χ2n) is 5.23. The van der Waals surface area contributed by atoms with Crippen LogP contribution in [0, 0.1) is 0 Å². The van der Waals surface area contributed by atoms with Crippen LogP contribution in [0.15, 0.2) is 30.3 Å². The molecule has 0 aromatic heterocycles. The van der Waals surface area contributed by atoms with Crippen molar-refractivity contribution in [1.82, 2.24) is 9.96 Å². The maximum atomic E-state index is 10.3. The lowest BCUT2D eigenvalue weighted by molar-refractivity contribution is -0.266. The minimum Gasteiger partial charge on any atom is -0.395 e. The molecule has 2 saturated heterocycles. The third-order valence-electron chi connectivity index (χ3n) is 4.04. The van der Waals surface area contributed by atoms with Gasteiger partial charge in [0.05, 0.1) is 19.3 Å². The number of hydrogen-bond donors (Lipinski definition) is 2. The Morgan fingerprint density at radius 2 is 2.00 bits per heavy atom. The lowest BCUT2D eigenvalue weighted by Gasteiger charge is -2.30. The van der Waals surface area contributed by atoms with Crippen LogP contribution in [0.2, 0.25) is 0 Å². The van der Waals surface area contributed by atoms with Gasteiger partial charge in [-0.1, -0.05) is 30.3 Å². The lowest BCUT2D eigenvalue weighted by Crippen LogP contribution is -2.45. The molecule has 0 aliphatic carbocycles. The quantitative estimate of drug-likeness (QED) is 0.831. The third kappa shape index (κ3) is 2.52. The number of hydrogen-bond acceptors (Lipinski definition) is 5. The molecule has 1 aromatic rings. The van der Waals surface area contributed by atoms with Crippen LogP contribution in [0.3, 0.4) is 0 Å². The van der Waals surface area contributed by atoms with Gasteiger partial charge in [-0.15, -0.1) is 5.06 Å². The normalized spacial score (nSPS) is 34.6. The van der Waals surface area contributed by atoms with Crippen LogP contribution in [0.1, 0.15) is 18.4 Å². The molecule has 2 heterocycles. The van der Waals surface area contributed by atoms with Crippen molar-refractivity contribution in [1.29, 1.82) is 0 Å². The van der Waals surface area contributed by atoms with Gasteiger partial charge < -0.3 is 10.2 Å². The summed E-state index contributed by atoms with van der Waals surface area (Å²) < 4.78 is 0. The van der Waals surface area contributed by atoms with Crippen LogP contribution >= 0.6 is 0 Å². The molecule has 0 radical (unpaired) electrons. The SMILES string of the molecule is OC[C@@H]1CC[C@H]2CN1C(O)N2OCc1ccccc1. The van der Waals surface area contributed by atoms with Gasteiger partial charge in [-0.2, -0.15) is 0 Å². The first kappa shape index (κ1) is 13.0. The summed E-state index contributed by atoms with van der Waals surface area (Å²) in [5.74, 6) is 0. The van der Waals surface area contributed by atoms with Crippen LogP contribution in [0.25, 0.3) is 0 Å². The summed E-state index contributed by atoms with van der Waals surface area (Å²) in [5, 5.41) is 21.2. The number of aliphatic hydroxyl groups excluding tert-OH is 2. The molecule has 0 saturated carbocycles. The Bertz CT molecular complexity index is 414. The smallest absolute Gasteiger partial charge is 0.188 e. The highest BCUT2D eigenvalue weighted by molar-refractivity contribution is 5.13. The van der Waals surface area contributed by atoms with Gasteiger partial charge in [0.1, 0.15) is 0 Å². The lowest BCUT2D eigenvalue weighted by atomic mass is 10.0. The summed E-state index contributed by atoms with van der Waals surface area (Å²) in [4.78, 5) is 7.68. The van der Waals surface area contributed by atoms with Crippen molar-refractivity contribution in [2.75, 3.05) is 13.2 Å². The van der Waals surface area contributed by atoms with E-state index >= 15 is 0 Å². The van der Waals surface area contributed by atoms with Crippen LogP contribution in [-0.4, -0.2) is 51.8 Å². The molecule has 2 N–H and O–H groups in total. The van der Waals surface area contributed by atoms with E-state index in [-0.39, 0.29) is 18.7 Å². The zero-order valence-electron chi connectivity index (χ0n) is 10.9. The summed E-state index contributed by atoms with van der Waals surface area (Å²) >= 11 is 0. The first-order valence-corrected chi connectivity index (χ1v) is 6.79. The van der Waals surface area contributed by atoms with Crippen molar-refractivity contribution in [2.45, 2.75) is 37.9 Å².